The highest BCUT2D eigenvalue weighted by Crippen LogP contribution is 2.20. The Bertz CT molecular complexity index is 265. The van der Waals surface area contributed by atoms with Crippen LogP contribution in [0, 0.1) is 0 Å². The van der Waals surface area contributed by atoms with E-state index < -0.39 is 0 Å². The SMILES string of the molecule is CCOC(OCC)c1ccc(CBr)cc1. The van der Waals surface area contributed by atoms with Gasteiger partial charge in [0.25, 0.3) is 0 Å². The number of hydrogen-bond donors (Lipinski definition) is 0. The number of alkyl halides is 1. The van der Waals surface area contributed by atoms with Crippen LogP contribution in [0.2, 0.25) is 0 Å². The summed E-state index contributed by atoms with van der Waals surface area (Å²) in [6, 6.07) is 8.25. The fourth-order valence-electron chi connectivity index (χ4n) is 1.31. The summed E-state index contributed by atoms with van der Waals surface area (Å²) < 4.78 is 11.0. The van der Waals surface area contributed by atoms with Gasteiger partial charge in [-0.2, -0.15) is 0 Å². The summed E-state index contributed by atoms with van der Waals surface area (Å²) in [6.45, 7) is 5.26. The van der Waals surface area contributed by atoms with E-state index in [1.165, 1.54) is 5.56 Å². The normalized spacial score (nSPS) is 10.9. The highest BCUT2D eigenvalue weighted by atomic mass is 79.9. The topological polar surface area (TPSA) is 18.5 Å². The molecule has 0 aliphatic carbocycles. The third-order valence-corrected chi connectivity index (χ3v) is 2.69. The molecule has 3 heteroatoms. The van der Waals surface area contributed by atoms with E-state index in [0.717, 1.165) is 10.9 Å². The van der Waals surface area contributed by atoms with Crippen molar-refractivity contribution >= 4 is 15.9 Å². The first-order valence-corrected chi connectivity index (χ1v) is 6.32. The maximum absolute atomic E-state index is 5.51. The van der Waals surface area contributed by atoms with E-state index in [0.29, 0.717) is 13.2 Å². The van der Waals surface area contributed by atoms with Gasteiger partial charge in [0.1, 0.15) is 0 Å². The molecule has 0 unspecified atom stereocenters. The molecule has 0 bridgehead atoms. The minimum atomic E-state index is -0.232. The van der Waals surface area contributed by atoms with E-state index in [1.54, 1.807) is 0 Å². The lowest BCUT2D eigenvalue weighted by atomic mass is 10.1. The van der Waals surface area contributed by atoms with E-state index in [2.05, 4.69) is 28.1 Å². The van der Waals surface area contributed by atoms with Crippen LogP contribution in [-0.4, -0.2) is 13.2 Å². The lowest BCUT2D eigenvalue weighted by Crippen LogP contribution is -2.08. The highest BCUT2D eigenvalue weighted by molar-refractivity contribution is 9.08. The fraction of sp³-hybridized carbons (Fsp3) is 0.500. The summed E-state index contributed by atoms with van der Waals surface area (Å²) >= 11 is 3.42. The average molecular weight is 273 g/mol. The van der Waals surface area contributed by atoms with Crippen LogP contribution in [0.3, 0.4) is 0 Å². The second-order valence-electron chi connectivity index (χ2n) is 3.12. The molecule has 1 aromatic rings. The molecule has 0 spiro atoms. The van der Waals surface area contributed by atoms with Crippen molar-refractivity contribution < 1.29 is 9.47 Å². The molecule has 0 aliphatic rings. The van der Waals surface area contributed by atoms with Gasteiger partial charge in [0.05, 0.1) is 0 Å². The van der Waals surface area contributed by atoms with Crippen LogP contribution in [0.15, 0.2) is 24.3 Å². The zero-order valence-electron chi connectivity index (χ0n) is 9.20. The van der Waals surface area contributed by atoms with Crippen molar-refractivity contribution in [2.45, 2.75) is 25.5 Å². The van der Waals surface area contributed by atoms with Crippen LogP contribution in [-0.2, 0) is 14.8 Å². The number of halogens is 1. The quantitative estimate of drug-likeness (QED) is 0.581. The van der Waals surface area contributed by atoms with E-state index in [-0.39, 0.29) is 6.29 Å². The molecule has 0 heterocycles. The van der Waals surface area contributed by atoms with Gasteiger partial charge >= 0.3 is 0 Å². The van der Waals surface area contributed by atoms with Crippen LogP contribution < -0.4 is 0 Å². The molecule has 0 amide bonds. The van der Waals surface area contributed by atoms with Crippen molar-refractivity contribution in [3.8, 4) is 0 Å². The minimum Gasteiger partial charge on any atom is -0.349 e. The summed E-state index contributed by atoms with van der Waals surface area (Å²) in [5.41, 5.74) is 2.33. The zero-order valence-corrected chi connectivity index (χ0v) is 10.8. The van der Waals surface area contributed by atoms with Crippen LogP contribution in [0.1, 0.15) is 31.3 Å². The second kappa shape index (κ2) is 6.99. The standard InChI is InChI=1S/C12H17BrO2/c1-3-14-12(15-4-2)11-7-5-10(9-13)6-8-11/h5-8,12H,3-4,9H2,1-2H3. The predicted octanol–water partition coefficient (Wildman–Crippen LogP) is 3.65. The van der Waals surface area contributed by atoms with Gasteiger partial charge in [-0.05, 0) is 19.4 Å². The Kier molecular flexibility index (Phi) is 5.91. The largest absolute Gasteiger partial charge is 0.349 e. The Labute approximate surface area is 99.7 Å². The van der Waals surface area contributed by atoms with Gasteiger partial charge < -0.3 is 9.47 Å². The lowest BCUT2D eigenvalue weighted by Gasteiger charge is -2.17. The molecule has 0 N–H and O–H groups in total. The van der Waals surface area contributed by atoms with Crippen LogP contribution in [0.4, 0.5) is 0 Å². The van der Waals surface area contributed by atoms with E-state index >= 15 is 0 Å². The summed E-state index contributed by atoms with van der Waals surface area (Å²) in [6.07, 6.45) is -0.232. The molecule has 2 nitrogen and oxygen atoms in total. The van der Waals surface area contributed by atoms with Gasteiger partial charge in [0.15, 0.2) is 6.29 Å². The van der Waals surface area contributed by atoms with E-state index in [4.69, 9.17) is 9.47 Å². The van der Waals surface area contributed by atoms with Gasteiger partial charge in [-0.25, -0.2) is 0 Å². The summed E-state index contributed by atoms with van der Waals surface area (Å²) in [5, 5.41) is 0.876. The molecule has 1 rings (SSSR count). The number of rotatable bonds is 6. The monoisotopic (exact) mass is 272 g/mol. The first-order chi connectivity index (χ1) is 7.31. The molecule has 1 aromatic carbocycles. The average Bonchev–Trinajstić information content (AvgIpc) is 2.29. The van der Waals surface area contributed by atoms with Gasteiger partial charge in [-0.15, -0.1) is 0 Å². The van der Waals surface area contributed by atoms with Crippen molar-refractivity contribution in [1.82, 2.24) is 0 Å². The van der Waals surface area contributed by atoms with Crippen LogP contribution in [0.5, 0.6) is 0 Å². The van der Waals surface area contributed by atoms with Gasteiger partial charge in [-0.3, -0.25) is 0 Å². The Morgan fingerprint density at radius 1 is 1.07 bits per heavy atom. The first kappa shape index (κ1) is 12.7. The molecule has 0 radical (unpaired) electrons. The number of hydrogen-bond acceptors (Lipinski definition) is 2. The molecule has 0 atom stereocenters. The third-order valence-electron chi connectivity index (χ3n) is 2.04. The Morgan fingerprint density at radius 2 is 1.60 bits per heavy atom. The second-order valence-corrected chi connectivity index (χ2v) is 3.68. The van der Waals surface area contributed by atoms with Gasteiger partial charge in [0, 0.05) is 24.1 Å². The maximum Gasteiger partial charge on any atom is 0.183 e. The number of ether oxygens (including phenoxy) is 2. The molecule has 15 heavy (non-hydrogen) atoms. The van der Waals surface area contributed by atoms with E-state index in [1.807, 2.05) is 26.0 Å². The predicted molar refractivity (Wildman–Crippen MR) is 65.1 cm³/mol. The van der Waals surface area contributed by atoms with Crippen molar-refractivity contribution in [3.63, 3.8) is 0 Å². The molecular weight excluding hydrogens is 256 g/mol. The van der Waals surface area contributed by atoms with Crippen molar-refractivity contribution in [2.75, 3.05) is 13.2 Å². The molecule has 84 valence electrons. The lowest BCUT2D eigenvalue weighted by molar-refractivity contribution is -0.140. The van der Waals surface area contributed by atoms with Gasteiger partial charge in [-0.1, -0.05) is 40.2 Å². The van der Waals surface area contributed by atoms with Gasteiger partial charge in [0.2, 0.25) is 0 Å². The smallest absolute Gasteiger partial charge is 0.183 e. The Morgan fingerprint density at radius 3 is 2.00 bits per heavy atom. The summed E-state index contributed by atoms with van der Waals surface area (Å²) in [4.78, 5) is 0. The minimum absolute atomic E-state index is 0.232. The third kappa shape index (κ3) is 3.93. The molecule has 0 aromatic heterocycles. The molecule has 0 saturated carbocycles. The van der Waals surface area contributed by atoms with Crippen molar-refractivity contribution in [3.05, 3.63) is 35.4 Å². The maximum atomic E-state index is 5.51. The Hall–Kier alpha value is -0.380. The highest BCUT2D eigenvalue weighted by Gasteiger charge is 2.10. The van der Waals surface area contributed by atoms with Crippen molar-refractivity contribution in [1.29, 1.82) is 0 Å². The zero-order chi connectivity index (χ0) is 11.1. The molecular formula is C12H17BrO2. The van der Waals surface area contributed by atoms with E-state index in [9.17, 15) is 0 Å². The van der Waals surface area contributed by atoms with Crippen LogP contribution in [0.25, 0.3) is 0 Å². The molecule has 0 fully saturated rings. The summed E-state index contributed by atoms with van der Waals surface area (Å²) in [5.74, 6) is 0. The summed E-state index contributed by atoms with van der Waals surface area (Å²) in [7, 11) is 0. The molecule has 0 saturated heterocycles. The molecule has 0 aliphatic heterocycles. The Balaban J connectivity index is 2.72. The fourth-order valence-corrected chi connectivity index (χ4v) is 1.68. The van der Waals surface area contributed by atoms with Crippen LogP contribution >= 0.6 is 15.9 Å². The first-order valence-electron chi connectivity index (χ1n) is 5.19. The number of benzene rings is 1. The van der Waals surface area contributed by atoms with Crippen molar-refractivity contribution in [2.24, 2.45) is 0 Å².